The zero-order chi connectivity index (χ0) is 20.2. The van der Waals surface area contributed by atoms with Gasteiger partial charge in [-0.3, -0.25) is 0 Å². The second-order valence-corrected chi connectivity index (χ2v) is 8.04. The van der Waals surface area contributed by atoms with Crippen LogP contribution in [0.5, 0.6) is 5.88 Å². The number of aliphatic carboxylic acids is 1. The normalized spacial score (nSPS) is 15.0. The van der Waals surface area contributed by atoms with Crippen LogP contribution in [0.15, 0.2) is 53.9 Å². The highest BCUT2D eigenvalue weighted by Crippen LogP contribution is 2.41. The molecule has 2 heterocycles. The van der Waals surface area contributed by atoms with E-state index in [-0.39, 0.29) is 11.8 Å². The molecule has 1 aliphatic carbocycles. The molecule has 1 saturated carbocycles. The number of carboxylic acids is 1. The molecule has 4 rings (SSSR count). The van der Waals surface area contributed by atoms with Crippen molar-refractivity contribution in [3.8, 4) is 22.5 Å². The lowest BCUT2D eigenvalue weighted by atomic mass is 9.93. The highest BCUT2D eigenvalue weighted by atomic mass is 32.1. The first-order valence-corrected chi connectivity index (χ1v) is 10.5. The van der Waals surface area contributed by atoms with Crippen LogP contribution in [-0.2, 0) is 4.79 Å². The van der Waals surface area contributed by atoms with Crippen molar-refractivity contribution in [2.24, 2.45) is 0 Å². The molecule has 0 amide bonds. The number of hydrogen-bond acceptors (Lipinski definition) is 5. The average molecular weight is 404 g/mol. The zero-order valence-electron chi connectivity index (χ0n) is 15.7. The Kier molecular flexibility index (Phi) is 5.59. The van der Waals surface area contributed by atoms with Gasteiger partial charge in [0.05, 0.1) is 10.6 Å². The molecule has 0 radical (unpaired) electrons. The predicted molar refractivity (Wildman–Crippen MR) is 111 cm³/mol. The quantitative estimate of drug-likeness (QED) is 0.583. The molecule has 3 aromatic rings. The van der Waals surface area contributed by atoms with Gasteiger partial charge in [-0.05, 0) is 41.8 Å². The van der Waals surface area contributed by atoms with E-state index in [0.717, 1.165) is 36.1 Å². The van der Waals surface area contributed by atoms with E-state index in [2.05, 4.69) is 11.1 Å². The van der Waals surface area contributed by atoms with Crippen LogP contribution in [0.1, 0.15) is 54.4 Å². The fourth-order valence-electron chi connectivity index (χ4n) is 3.85. The Balaban J connectivity index is 1.82. The summed E-state index contributed by atoms with van der Waals surface area (Å²) >= 11 is 1.55. The number of hydrogen-bond donors (Lipinski definition) is 1. The fourth-order valence-corrected chi connectivity index (χ4v) is 4.53. The van der Waals surface area contributed by atoms with Gasteiger partial charge in [0.25, 0.3) is 0 Å². The molecule has 0 spiro atoms. The third-order valence-electron chi connectivity index (χ3n) is 5.25. The summed E-state index contributed by atoms with van der Waals surface area (Å²) < 4.78 is 5.89. The number of nitrogens with zero attached hydrogens (tertiary/aromatic N) is 2. The summed E-state index contributed by atoms with van der Waals surface area (Å²) in [7, 11) is 0. The molecule has 146 valence electrons. The molecule has 1 aromatic carbocycles. The van der Waals surface area contributed by atoms with Crippen molar-refractivity contribution in [3.05, 3.63) is 70.6 Å². The van der Waals surface area contributed by atoms with E-state index in [9.17, 15) is 15.2 Å². The van der Waals surface area contributed by atoms with Crippen molar-refractivity contribution in [1.29, 1.82) is 5.26 Å². The highest BCUT2D eigenvalue weighted by Gasteiger charge is 2.28. The van der Waals surface area contributed by atoms with Gasteiger partial charge in [-0.1, -0.05) is 49.2 Å². The van der Waals surface area contributed by atoms with Gasteiger partial charge in [-0.2, -0.15) is 5.26 Å². The molecule has 1 atom stereocenters. The summed E-state index contributed by atoms with van der Waals surface area (Å²) in [4.78, 5) is 17.5. The summed E-state index contributed by atoms with van der Waals surface area (Å²) in [5, 5.41) is 21.6. The summed E-state index contributed by atoms with van der Waals surface area (Å²) in [6.45, 7) is 0. The van der Waals surface area contributed by atoms with Crippen molar-refractivity contribution in [2.75, 3.05) is 0 Å². The molecule has 1 fully saturated rings. The molecule has 6 heteroatoms. The van der Waals surface area contributed by atoms with Crippen LogP contribution in [0.3, 0.4) is 0 Å². The molecule has 1 unspecified atom stereocenters. The predicted octanol–water partition coefficient (Wildman–Crippen LogP) is 5.54. The second-order valence-electron chi connectivity index (χ2n) is 7.09. The molecule has 1 N–H and O–H groups in total. The Morgan fingerprint density at radius 3 is 2.59 bits per heavy atom. The molecule has 5 nitrogen and oxygen atoms in total. The number of pyridine rings is 1. The Morgan fingerprint density at radius 1 is 1.21 bits per heavy atom. The Morgan fingerprint density at radius 2 is 1.97 bits per heavy atom. The van der Waals surface area contributed by atoms with Gasteiger partial charge in [0, 0.05) is 5.56 Å². The maximum absolute atomic E-state index is 11.9. The Bertz CT molecular complexity index is 1040. The van der Waals surface area contributed by atoms with Gasteiger partial charge in [0.1, 0.15) is 11.6 Å². The third-order valence-corrected chi connectivity index (χ3v) is 6.15. The maximum atomic E-state index is 11.9. The summed E-state index contributed by atoms with van der Waals surface area (Å²) in [5.41, 5.74) is 2.48. The van der Waals surface area contributed by atoms with E-state index in [1.165, 1.54) is 0 Å². The lowest BCUT2D eigenvalue weighted by molar-refractivity contribution is -0.145. The summed E-state index contributed by atoms with van der Waals surface area (Å²) in [6.07, 6.45) is 3.06. The SMILES string of the molecule is N#Cc1c(C2CCCC2)cc(-c2cccs2)nc1OC(C(=O)O)c1ccccc1. The first-order valence-electron chi connectivity index (χ1n) is 9.60. The monoisotopic (exact) mass is 404 g/mol. The molecule has 1 aliphatic rings. The molecular weight excluding hydrogens is 384 g/mol. The number of carboxylic acid groups (broad SMARTS) is 1. The van der Waals surface area contributed by atoms with Crippen LogP contribution in [-0.4, -0.2) is 16.1 Å². The van der Waals surface area contributed by atoms with Crippen LogP contribution in [0.25, 0.3) is 10.6 Å². The van der Waals surface area contributed by atoms with Gasteiger partial charge in [-0.25, -0.2) is 9.78 Å². The topological polar surface area (TPSA) is 83.2 Å². The highest BCUT2D eigenvalue weighted by molar-refractivity contribution is 7.13. The van der Waals surface area contributed by atoms with Gasteiger partial charge in [-0.15, -0.1) is 11.3 Å². The van der Waals surface area contributed by atoms with E-state index in [4.69, 9.17) is 4.74 Å². The van der Waals surface area contributed by atoms with E-state index < -0.39 is 12.1 Å². The first-order chi connectivity index (χ1) is 14.2. The van der Waals surface area contributed by atoms with Crippen LogP contribution in [0.2, 0.25) is 0 Å². The number of ether oxygens (including phenoxy) is 1. The first kappa shape index (κ1) is 19.2. The van der Waals surface area contributed by atoms with Gasteiger partial charge >= 0.3 is 5.97 Å². The molecular formula is C23H20N2O3S. The Hall–Kier alpha value is -3.17. The maximum Gasteiger partial charge on any atom is 0.349 e. The Labute approximate surface area is 173 Å². The number of benzene rings is 1. The molecule has 0 bridgehead atoms. The van der Waals surface area contributed by atoms with Crippen molar-refractivity contribution >= 4 is 17.3 Å². The second kappa shape index (κ2) is 8.46. The number of carbonyl (C=O) groups is 1. The smallest absolute Gasteiger partial charge is 0.349 e. The van der Waals surface area contributed by atoms with Crippen molar-refractivity contribution in [1.82, 2.24) is 4.98 Å². The minimum Gasteiger partial charge on any atom is -0.478 e. The van der Waals surface area contributed by atoms with E-state index in [0.29, 0.717) is 16.8 Å². The van der Waals surface area contributed by atoms with Crippen LogP contribution in [0, 0.1) is 11.3 Å². The molecule has 29 heavy (non-hydrogen) atoms. The number of rotatable bonds is 6. The van der Waals surface area contributed by atoms with Crippen molar-refractivity contribution in [2.45, 2.75) is 37.7 Å². The largest absolute Gasteiger partial charge is 0.478 e. The molecule has 2 aromatic heterocycles. The van der Waals surface area contributed by atoms with Crippen LogP contribution in [0.4, 0.5) is 0 Å². The van der Waals surface area contributed by atoms with E-state index >= 15 is 0 Å². The summed E-state index contributed by atoms with van der Waals surface area (Å²) in [6, 6.07) is 16.9. The van der Waals surface area contributed by atoms with Gasteiger partial charge < -0.3 is 9.84 Å². The number of thiophene rings is 1. The summed E-state index contributed by atoms with van der Waals surface area (Å²) in [5.74, 6) is -0.754. The lowest BCUT2D eigenvalue weighted by Crippen LogP contribution is -2.19. The lowest BCUT2D eigenvalue weighted by Gasteiger charge is -2.19. The number of aromatic nitrogens is 1. The van der Waals surface area contributed by atoms with Gasteiger partial charge in [0.2, 0.25) is 12.0 Å². The average Bonchev–Trinajstić information content (AvgIpc) is 3.46. The minimum atomic E-state index is -1.23. The van der Waals surface area contributed by atoms with E-state index in [1.807, 2.05) is 29.6 Å². The standard InChI is InChI=1S/C23H20N2O3S/c24-14-18-17(15-7-4-5-8-15)13-19(20-11-6-12-29-20)25-22(18)28-21(23(26)27)16-9-2-1-3-10-16/h1-3,6,9-13,15,21H,4-5,7-8H2,(H,26,27). The molecule has 0 saturated heterocycles. The zero-order valence-corrected chi connectivity index (χ0v) is 16.6. The van der Waals surface area contributed by atoms with Crippen molar-refractivity contribution in [3.63, 3.8) is 0 Å². The van der Waals surface area contributed by atoms with Crippen LogP contribution >= 0.6 is 11.3 Å². The minimum absolute atomic E-state index is 0.0940. The fraction of sp³-hybridized carbons (Fsp3) is 0.261. The van der Waals surface area contributed by atoms with Crippen molar-refractivity contribution < 1.29 is 14.6 Å². The molecule has 0 aliphatic heterocycles. The van der Waals surface area contributed by atoms with E-state index in [1.54, 1.807) is 35.6 Å². The van der Waals surface area contributed by atoms with Crippen LogP contribution < -0.4 is 4.74 Å². The van der Waals surface area contributed by atoms with Gasteiger partial charge in [0.15, 0.2) is 0 Å². The third kappa shape index (κ3) is 4.01. The number of nitriles is 1.